The van der Waals surface area contributed by atoms with Crippen molar-refractivity contribution in [3.63, 3.8) is 0 Å². The first kappa shape index (κ1) is 21.5. The second-order valence-electron chi connectivity index (χ2n) is 6.12. The number of halogens is 1. The molecule has 2 aromatic carbocycles. The van der Waals surface area contributed by atoms with Crippen molar-refractivity contribution >= 4 is 52.7 Å². The molecule has 0 aliphatic carbocycles. The van der Waals surface area contributed by atoms with Crippen molar-refractivity contribution in [2.45, 2.75) is 11.5 Å². The quantitative estimate of drug-likeness (QED) is 0.495. The van der Waals surface area contributed by atoms with Crippen molar-refractivity contribution in [2.24, 2.45) is 0 Å². The highest BCUT2D eigenvalue weighted by Crippen LogP contribution is 2.29. The molecule has 0 radical (unpaired) electrons. The lowest BCUT2D eigenvalue weighted by Gasteiger charge is -2.12. The first-order chi connectivity index (χ1) is 13.6. The second kappa shape index (κ2) is 8.27. The van der Waals surface area contributed by atoms with E-state index < -0.39 is 20.1 Å². The SMILES string of the molecule is COc1ccc(Br)cc1S(=O)(=O)Nc1cnc2ccc(COS(C)(=O)=O)cc2c1. The van der Waals surface area contributed by atoms with Crippen LogP contribution in [0.5, 0.6) is 5.75 Å². The zero-order valence-corrected chi connectivity index (χ0v) is 18.6. The maximum absolute atomic E-state index is 12.8. The Morgan fingerprint density at radius 3 is 2.52 bits per heavy atom. The molecule has 0 fully saturated rings. The second-order valence-corrected chi connectivity index (χ2v) is 10.3. The van der Waals surface area contributed by atoms with Crippen LogP contribution in [0.4, 0.5) is 5.69 Å². The van der Waals surface area contributed by atoms with E-state index in [4.69, 9.17) is 8.92 Å². The Morgan fingerprint density at radius 1 is 1.07 bits per heavy atom. The van der Waals surface area contributed by atoms with E-state index in [1.165, 1.54) is 19.4 Å². The molecule has 0 spiro atoms. The van der Waals surface area contributed by atoms with Gasteiger partial charge in [-0.05, 0) is 42.0 Å². The van der Waals surface area contributed by atoms with E-state index in [9.17, 15) is 16.8 Å². The number of hydrogen-bond acceptors (Lipinski definition) is 7. The van der Waals surface area contributed by atoms with Crippen molar-refractivity contribution in [1.82, 2.24) is 4.98 Å². The van der Waals surface area contributed by atoms with Gasteiger partial charge in [-0.1, -0.05) is 22.0 Å². The third-order valence-electron chi connectivity index (χ3n) is 3.85. The van der Waals surface area contributed by atoms with E-state index in [0.717, 1.165) is 6.26 Å². The van der Waals surface area contributed by atoms with Crippen molar-refractivity contribution in [1.29, 1.82) is 0 Å². The van der Waals surface area contributed by atoms with Crippen LogP contribution in [0, 0.1) is 0 Å². The molecule has 0 unspecified atom stereocenters. The van der Waals surface area contributed by atoms with Gasteiger partial charge in [0.15, 0.2) is 0 Å². The largest absolute Gasteiger partial charge is 0.495 e. The Hall–Kier alpha value is -2.21. The Morgan fingerprint density at radius 2 is 1.83 bits per heavy atom. The van der Waals surface area contributed by atoms with Gasteiger partial charge < -0.3 is 4.74 Å². The summed E-state index contributed by atoms with van der Waals surface area (Å²) < 4.78 is 61.0. The maximum atomic E-state index is 12.8. The number of nitrogens with zero attached hydrogens (tertiary/aromatic N) is 1. The molecule has 1 aromatic heterocycles. The lowest BCUT2D eigenvalue weighted by Crippen LogP contribution is -2.14. The fourth-order valence-corrected chi connectivity index (χ4v) is 4.67. The Bertz CT molecular complexity index is 1280. The predicted octanol–water partition coefficient (Wildman–Crippen LogP) is 3.28. The van der Waals surface area contributed by atoms with Crippen molar-refractivity contribution in [2.75, 3.05) is 18.1 Å². The summed E-state index contributed by atoms with van der Waals surface area (Å²) in [6.45, 7) is -0.125. The molecule has 8 nitrogen and oxygen atoms in total. The summed E-state index contributed by atoms with van der Waals surface area (Å²) in [4.78, 5) is 4.22. The molecule has 1 heterocycles. The number of sulfonamides is 1. The van der Waals surface area contributed by atoms with Crippen LogP contribution < -0.4 is 9.46 Å². The number of benzene rings is 2. The first-order valence-corrected chi connectivity index (χ1v) is 12.3. The van der Waals surface area contributed by atoms with Gasteiger partial charge in [-0.3, -0.25) is 13.9 Å². The monoisotopic (exact) mass is 500 g/mol. The van der Waals surface area contributed by atoms with Crippen LogP contribution in [0.1, 0.15) is 5.56 Å². The number of anilines is 1. The smallest absolute Gasteiger partial charge is 0.265 e. The lowest BCUT2D eigenvalue weighted by atomic mass is 10.1. The van der Waals surface area contributed by atoms with E-state index >= 15 is 0 Å². The van der Waals surface area contributed by atoms with Gasteiger partial charge in [0.05, 0.1) is 37.4 Å². The van der Waals surface area contributed by atoms with Gasteiger partial charge in [0.25, 0.3) is 20.1 Å². The zero-order chi connectivity index (χ0) is 21.2. The summed E-state index contributed by atoms with van der Waals surface area (Å²) >= 11 is 3.26. The molecule has 29 heavy (non-hydrogen) atoms. The van der Waals surface area contributed by atoms with Gasteiger partial charge in [0.1, 0.15) is 10.6 Å². The zero-order valence-electron chi connectivity index (χ0n) is 15.4. The molecule has 0 saturated heterocycles. The third-order valence-corrected chi connectivity index (χ3v) is 6.29. The van der Waals surface area contributed by atoms with E-state index in [1.807, 2.05) is 0 Å². The average Bonchev–Trinajstić information content (AvgIpc) is 2.65. The number of hydrogen-bond donors (Lipinski definition) is 1. The van der Waals surface area contributed by atoms with Gasteiger partial charge in [0, 0.05) is 9.86 Å². The number of methoxy groups -OCH3 is 1. The molecule has 0 amide bonds. The van der Waals surface area contributed by atoms with Crippen LogP contribution in [-0.2, 0) is 30.9 Å². The fraction of sp³-hybridized carbons (Fsp3) is 0.167. The number of nitrogens with one attached hydrogen (secondary N) is 1. The number of ether oxygens (including phenoxy) is 1. The highest BCUT2D eigenvalue weighted by atomic mass is 79.9. The number of fused-ring (bicyclic) bond motifs is 1. The summed E-state index contributed by atoms with van der Waals surface area (Å²) in [5.41, 5.74) is 1.48. The topological polar surface area (TPSA) is 112 Å². The Kier molecular flexibility index (Phi) is 6.13. The first-order valence-electron chi connectivity index (χ1n) is 8.17. The number of pyridine rings is 1. The van der Waals surface area contributed by atoms with E-state index in [-0.39, 0.29) is 22.9 Å². The summed E-state index contributed by atoms with van der Waals surface area (Å²) in [5.74, 6) is 0.203. The molecule has 0 bridgehead atoms. The minimum Gasteiger partial charge on any atom is -0.495 e. The molecule has 0 atom stereocenters. The maximum Gasteiger partial charge on any atom is 0.265 e. The molecule has 0 aliphatic rings. The predicted molar refractivity (Wildman–Crippen MR) is 113 cm³/mol. The van der Waals surface area contributed by atoms with E-state index in [1.54, 1.807) is 36.4 Å². The molecule has 0 aliphatic heterocycles. The van der Waals surface area contributed by atoms with Gasteiger partial charge in [0.2, 0.25) is 0 Å². The van der Waals surface area contributed by atoms with Crippen LogP contribution in [0.3, 0.4) is 0 Å². The molecule has 1 N–H and O–H groups in total. The summed E-state index contributed by atoms with van der Waals surface area (Å²) in [5, 5.41) is 0.626. The van der Waals surface area contributed by atoms with Gasteiger partial charge in [-0.15, -0.1) is 0 Å². The van der Waals surface area contributed by atoms with Crippen LogP contribution >= 0.6 is 15.9 Å². The summed E-state index contributed by atoms with van der Waals surface area (Å²) in [7, 11) is -6.12. The average molecular weight is 501 g/mol. The van der Waals surface area contributed by atoms with Crippen LogP contribution in [-0.4, -0.2) is 35.2 Å². The molecule has 0 saturated carbocycles. The van der Waals surface area contributed by atoms with Crippen LogP contribution in [0.15, 0.2) is 58.0 Å². The van der Waals surface area contributed by atoms with Gasteiger partial charge in [-0.2, -0.15) is 8.42 Å². The van der Waals surface area contributed by atoms with Crippen molar-refractivity contribution in [3.8, 4) is 5.75 Å². The molecular weight excluding hydrogens is 484 g/mol. The summed E-state index contributed by atoms with van der Waals surface area (Å²) in [6.07, 6.45) is 2.37. The summed E-state index contributed by atoms with van der Waals surface area (Å²) in [6, 6.07) is 11.3. The van der Waals surface area contributed by atoms with Crippen LogP contribution in [0.2, 0.25) is 0 Å². The van der Waals surface area contributed by atoms with Crippen LogP contribution in [0.25, 0.3) is 10.9 Å². The number of rotatable bonds is 7. The van der Waals surface area contributed by atoms with Crippen molar-refractivity contribution in [3.05, 3.63) is 58.7 Å². The minimum atomic E-state index is -3.94. The van der Waals surface area contributed by atoms with E-state index in [0.29, 0.717) is 20.9 Å². The standard InChI is InChI=1S/C18H17BrN2O6S2/c1-26-17-6-4-14(19)9-18(17)29(24,25)21-15-8-13-7-12(11-27-28(2,22)23)3-5-16(13)20-10-15/h3-10,21H,11H2,1-2H3. The molecular formula is C18H17BrN2O6S2. The van der Waals surface area contributed by atoms with Gasteiger partial charge in [-0.25, -0.2) is 8.42 Å². The highest BCUT2D eigenvalue weighted by molar-refractivity contribution is 9.10. The highest BCUT2D eigenvalue weighted by Gasteiger charge is 2.20. The third kappa shape index (κ3) is 5.44. The molecule has 3 rings (SSSR count). The Balaban J connectivity index is 1.92. The lowest BCUT2D eigenvalue weighted by molar-refractivity contribution is 0.312. The molecule has 3 aromatic rings. The molecule has 154 valence electrons. The fourth-order valence-electron chi connectivity index (χ4n) is 2.57. The normalized spacial score (nSPS) is 12.1. The molecule has 11 heteroatoms. The van der Waals surface area contributed by atoms with Crippen molar-refractivity contribution < 1.29 is 25.8 Å². The Labute approximate surface area is 177 Å². The van der Waals surface area contributed by atoms with Gasteiger partial charge >= 0.3 is 0 Å². The van der Waals surface area contributed by atoms with E-state index in [2.05, 4.69) is 25.6 Å². The number of aromatic nitrogens is 1. The minimum absolute atomic E-state index is 0.0234.